The third-order valence-corrected chi connectivity index (χ3v) is 4.60. The van der Waals surface area contributed by atoms with Crippen molar-refractivity contribution >= 4 is 5.95 Å². The second kappa shape index (κ2) is 8.31. The van der Waals surface area contributed by atoms with E-state index in [9.17, 15) is 9.50 Å². The van der Waals surface area contributed by atoms with Crippen LogP contribution < -0.4 is 9.64 Å². The van der Waals surface area contributed by atoms with Gasteiger partial charge in [-0.05, 0) is 29.7 Å². The normalized spacial score (nSPS) is 15.3. The molecule has 3 rings (SSSR count). The average Bonchev–Trinajstić information content (AvgIpc) is 2.66. The first kappa shape index (κ1) is 18.4. The first-order chi connectivity index (χ1) is 12.6. The van der Waals surface area contributed by atoms with Crippen LogP contribution in [-0.4, -0.2) is 53.3 Å². The van der Waals surface area contributed by atoms with E-state index in [2.05, 4.69) is 26.7 Å². The van der Waals surface area contributed by atoms with Crippen LogP contribution >= 0.6 is 0 Å². The van der Waals surface area contributed by atoms with E-state index >= 15 is 0 Å². The number of methoxy groups -OCH3 is 1. The third kappa shape index (κ3) is 4.22. The Morgan fingerprint density at radius 2 is 1.81 bits per heavy atom. The Labute approximate surface area is 153 Å². The highest BCUT2D eigenvalue weighted by molar-refractivity contribution is 5.43. The van der Waals surface area contributed by atoms with Crippen LogP contribution in [0.2, 0.25) is 0 Å². The van der Waals surface area contributed by atoms with Crippen LogP contribution in [0.3, 0.4) is 0 Å². The van der Waals surface area contributed by atoms with Crippen LogP contribution in [0.5, 0.6) is 11.5 Å². The number of halogens is 1. The number of phenolic OH excluding ortho intramolecular Hbond substituents is 1. The Bertz CT molecular complexity index is 731. The van der Waals surface area contributed by atoms with Gasteiger partial charge in [-0.3, -0.25) is 4.90 Å². The summed E-state index contributed by atoms with van der Waals surface area (Å²) in [6.07, 6.45) is 5.90. The molecule has 140 valence electrons. The Hall–Kier alpha value is -2.41. The van der Waals surface area contributed by atoms with E-state index in [1.54, 1.807) is 6.07 Å². The van der Waals surface area contributed by atoms with Crippen LogP contribution in [0.25, 0.3) is 0 Å². The maximum absolute atomic E-state index is 13.8. The Kier molecular flexibility index (Phi) is 5.88. The van der Waals surface area contributed by atoms with Crippen LogP contribution in [0.4, 0.5) is 10.3 Å². The smallest absolute Gasteiger partial charge is 0.225 e. The number of phenols is 1. The lowest BCUT2D eigenvalue weighted by molar-refractivity contribution is 0.247. The molecule has 1 fully saturated rings. The summed E-state index contributed by atoms with van der Waals surface area (Å²) in [5, 5.41) is 9.61. The van der Waals surface area contributed by atoms with Gasteiger partial charge in [-0.25, -0.2) is 14.4 Å². The van der Waals surface area contributed by atoms with Crippen molar-refractivity contribution in [2.24, 2.45) is 0 Å². The zero-order valence-corrected chi connectivity index (χ0v) is 15.3. The maximum Gasteiger partial charge on any atom is 0.225 e. The molecule has 1 aliphatic rings. The van der Waals surface area contributed by atoms with E-state index in [0.29, 0.717) is 6.54 Å². The molecule has 0 unspecified atom stereocenters. The van der Waals surface area contributed by atoms with E-state index in [1.807, 2.05) is 12.4 Å². The molecule has 26 heavy (non-hydrogen) atoms. The largest absolute Gasteiger partial charge is 0.502 e. The minimum absolute atomic E-state index is 0.166. The lowest BCUT2D eigenvalue weighted by atomic mass is 10.1. The quantitative estimate of drug-likeness (QED) is 0.854. The van der Waals surface area contributed by atoms with Gasteiger partial charge >= 0.3 is 0 Å². The molecule has 0 radical (unpaired) electrons. The number of piperazine rings is 1. The Morgan fingerprint density at radius 3 is 2.42 bits per heavy atom. The summed E-state index contributed by atoms with van der Waals surface area (Å²) < 4.78 is 18.8. The van der Waals surface area contributed by atoms with Crippen molar-refractivity contribution < 1.29 is 14.2 Å². The van der Waals surface area contributed by atoms with Gasteiger partial charge < -0.3 is 14.7 Å². The monoisotopic (exact) mass is 360 g/mol. The summed E-state index contributed by atoms with van der Waals surface area (Å²) in [7, 11) is 1.42. The number of ether oxygens (including phenoxy) is 1. The van der Waals surface area contributed by atoms with Gasteiger partial charge in [0.15, 0.2) is 17.3 Å². The van der Waals surface area contributed by atoms with Crippen LogP contribution in [0.15, 0.2) is 24.5 Å². The van der Waals surface area contributed by atoms with Gasteiger partial charge in [0, 0.05) is 45.1 Å². The number of rotatable bonds is 6. The first-order valence-electron chi connectivity index (χ1n) is 8.94. The van der Waals surface area contributed by atoms with Gasteiger partial charge in [0.05, 0.1) is 7.11 Å². The number of hydrogen-bond donors (Lipinski definition) is 1. The van der Waals surface area contributed by atoms with E-state index in [4.69, 9.17) is 4.74 Å². The molecule has 1 N–H and O–H groups in total. The predicted octanol–water partition coefficient (Wildman–Crippen LogP) is 2.60. The molecule has 1 saturated heterocycles. The van der Waals surface area contributed by atoms with Crippen LogP contribution in [0, 0.1) is 5.82 Å². The molecule has 0 atom stereocenters. The molecular formula is C19H25FN4O2. The van der Waals surface area contributed by atoms with Crippen molar-refractivity contribution in [1.29, 1.82) is 0 Å². The van der Waals surface area contributed by atoms with E-state index in [0.717, 1.165) is 56.1 Å². The second-order valence-corrected chi connectivity index (χ2v) is 6.53. The zero-order valence-electron chi connectivity index (χ0n) is 15.3. The first-order valence-corrected chi connectivity index (χ1v) is 8.94. The number of anilines is 1. The van der Waals surface area contributed by atoms with Crippen LogP contribution in [0.1, 0.15) is 24.5 Å². The summed E-state index contributed by atoms with van der Waals surface area (Å²) >= 11 is 0. The molecule has 0 amide bonds. The molecule has 1 aliphatic heterocycles. The number of aryl methyl sites for hydroxylation is 1. The molecule has 2 heterocycles. The third-order valence-electron chi connectivity index (χ3n) is 4.60. The second-order valence-electron chi connectivity index (χ2n) is 6.53. The number of aromatic nitrogens is 2. The molecule has 7 heteroatoms. The molecule has 0 saturated carbocycles. The van der Waals surface area contributed by atoms with Gasteiger partial charge in [-0.2, -0.15) is 0 Å². The molecular weight excluding hydrogens is 335 g/mol. The highest BCUT2D eigenvalue weighted by Crippen LogP contribution is 2.30. The number of nitrogens with zero attached hydrogens (tertiary/aromatic N) is 4. The van der Waals surface area contributed by atoms with Gasteiger partial charge in [0.1, 0.15) is 0 Å². The van der Waals surface area contributed by atoms with E-state index in [1.165, 1.54) is 13.2 Å². The fourth-order valence-corrected chi connectivity index (χ4v) is 3.17. The highest BCUT2D eigenvalue weighted by Gasteiger charge is 2.20. The highest BCUT2D eigenvalue weighted by atomic mass is 19.1. The SMILES string of the molecule is CCCc1cnc(N2CCN(Cc3cc(F)c(O)c(OC)c3)CC2)nc1. The van der Waals surface area contributed by atoms with Crippen molar-refractivity contribution in [2.45, 2.75) is 26.3 Å². The molecule has 6 nitrogen and oxygen atoms in total. The van der Waals surface area contributed by atoms with Gasteiger partial charge in [-0.15, -0.1) is 0 Å². The molecule has 0 spiro atoms. The summed E-state index contributed by atoms with van der Waals surface area (Å²) in [6, 6.07) is 3.04. The molecule has 0 aliphatic carbocycles. The summed E-state index contributed by atoms with van der Waals surface area (Å²) in [4.78, 5) is 13.4. The van der Waals surface area contributed by atoms with Gasteiger partial charge in [-0.1, -0.05) is 13.3 Å². The minimum Gasteiger partial charge on any atom is -0.502 e. The number of benzene rings is 1. The summed E-state index contributed by atoms with van der Waals surface area (Å²) in [5.74, 6) is -0.163. The standard InChI is InChI=1S/C19H25FN4O2/c1-3-4-14-11-21-19(22-12-14)24-7-5-23(6-8-24)13-15-9-16(20)18(25)17(10-15)26-2/h9-12,25H,3-8,13H2,1-2H3. The number of aromatic hydroxyl groups is 1. The molecule has 2 aromatic rings. The van der Waals surface area contributed by atoms with Crippen molar-refractivity contribution in [3.63, 3.8) is 0 Å². The fraction of sp³-hybridized carbons (Fsp3) is 0.474. The Morgan fingerprint density at radius 1 is 1.12 bits per heavy atom. The van der Waals surface area contributed by atoms with Crippen molar-refractivity contribution in [3.05, 3.63) is 41.5 Å². The van der Waals surface area contributed by atoms with Gasteiger partial charge in [0.25, 0.3) is 0 Å². The molecule has 0 bridgehead atoms. The minimum atomic E-state index is -0.654. The topological polar surface area (TPSA) is 61.7 Å². The van der Waals surface area contributed by atoms with E-state index < -0.39 is 11.6 Å². The van der Waals surface area contributed by atoms with E-state index in [-0.39, 0.29) is 5.75 Å². The number of hydrogen-bond acceptors (Lipinski definition) is 6. The molecule has 1 aromatic carbocycles. The fourth-order valence-electron chi connectivity index (χ4n) is 3.17. The zero-order chi connectivity index (χ0) is 18.5. The van der Waals surface area contributed by atoms with Crippen LogP contribution in [-0.2, 0) is 13.0 Å². The predicted molar refractivity (Wildman–Crippen MR) is 98.1 cm³/mol. The van der Waals surface area contributed by atoms with Crippen molar-refractivity contribution in [1.82, 2.24) is 14.9 Å². The summed E-state index contributed by atoms with van der Waals surface area (Å²) in [6.45, 7) is 6.08. The maximum atomic E-state index is 13.8. The Balaban J connectivity index is 1.58. The van der Waals surface area contributed by atoms with Gasteiger partial charge in [0.2, 0.25) is 5.95 Å². The average molecular weight is 360 g/mol. The lowest BCUT2D eigenvalue weighted by Crippen LogP contribution is -2.46. The molecule has 1 aromatic heterocycles. The summed E-state index contributed by atoms with van der Waals surface area (Å²) in [5.41, 5.74) is 1.95. The lowest BCUT2D eigenvalue weighted by Gasteiger charge is -2.34. The van der Waals surface area contributed by atoms with Crippen molar-refractivity contribution in [3.8, 4) is 11.5 Å². The van der Waals surface area contributed by atoms with Crippen molar-refractivity contribution in [2.75, 3.05) is 38.2 Å².